The summed E-state index contributed by atoms with van der Waals surface area (Å²) >= 11 is 0. The lowest BCUT2D eigenvalue weighted by Crippen LogP contribution is -2.28. The van der Waals surface area contributed by atoms with Crippen molar-refractivity contribution in [3.05, 3.63) is 30.0 Å². The largest absolute Gasteiger partial charge is 0.475 e. The molecule has 23 heavy (non-hydrogen) atoms. The van der Waals surface area contributed by atoms with Gasteiger partial charge in [-0.25, -0.2) is 4.79 Å². The molecule has 1 aliphatic heterocycles. The molecule has 1 atom stereocenters. The van der Waals surface area contributed by atoms with Gasteiger partial charge in [-0.15, -0.1) is 0 Å². The first-order chi connectivity index (χ1) is 11.0. The summed E-state index contributed by atoms with van der Waals surface area (Å²) < 4.78 is 5.17. The van der Waals surface area contributed by atoms with Crippen LogP contribution in [0.4, 0.5) is 5.69 Å². The van der Waals surface area contributed by atoms with Crippen LogP contribution in [-0.4, -0.2) is 40.9 Å². The summed E-state index contributed by atoms with van der Waals surface area (Å²) in [6.07, 6.45) is 0.219. The molecule has 7 heteroatoms. The molecule has 1 aromatic heterocycles. The number of nitrogens with one attached hydrogen (secondary N) is 1. The summed E-state index contributed by atoms with van der Waals surface area (Å²) in [6, 6.07) is 6.31. The van der Waals surface area contributed by atoms with Crippen LogP contribution in [0.3, 0.4) is 0 Å². The number of fused-ring (bicyclic) bond motifs is 1. The number of carboxylic acid groups (broad SMARTS) is 1. The fourth-order valence-corrected chi connectivity index (χ4v) is 2.72. The summed E-state index contributed by atoms with van der Waals surface area (Å²) in [5.41, 5.74) is 0.983. The molecule has 0 saturated carbocycles. The van der Waals surface area contributed by atoms with Crippen molar-refractivity contribution in [3.8, 4) is 0 Å². The summed E-state index contributed by atoms with van der Waals surface area (Å²) in [4.78, 5) is 36.5. The maximum atomic E-state index is 12.3. The Balaban J connectivity index is 1.75. The number of furan rings is 1. The van der Waals surface area contributed by atoms with E-state index in [9.17, 15) is 14.4 Å². The van der Waals surface area contributed by atoms with E-state index >= 15 is 0 Å². The fraction of sp³-hybridized carbons (Fsp3) is 0.312. The molecule has 0 spiro atoms. The maximum absolute atomic E-state index is 12.3. The SMILES string of the molecule is CCN1CC(C(=O)Nc2ccc3oc(C(=O)O)cc3c2)CC1=O. The van der Waals surface area contributed by atoms with Gasteiger partial charge in [0.05, 0.1) is 5.92 Å². The Morgan fingerprint density at radius 1 is 1.39 bits per heavy atom. The number of benzene rings is 1. The predicted octanol–water partition coefficient (Wildman–Crippen LogP) is 1.94. The number of carbonyl (C=O) groups is 3. The number of rotatable bonds is 4. The number of carboxylic acids is 1. The van der Waals surface area contributed by atoms with Crippen molar-refractivity contribution < 1.29 is 23.9 Å². The van der Waals surface area contributed by atoms with E-state index in [-0.39, 0.29) is 29.9 Å². The van der Waals surface area contributed by atoms with Gasteiger partial charge < -0.3 is 19.7 Å². The van der Waals surface area contributed by atoms with E-state index in [0.29, 0.717) is 29.7 Å². The van der Waals surface area contributed by atoms with Gasteiger partial charge in [0.15, 0.2) is 0 Å². The molecule has 1 saturated heterocycles. The van der Waals surface area contributed by atoms with Gasteiger partial charge >= 0.3 is 5.97 Å². The molecule has 0 bridgehead atoms. The van der Waals surface area contributed by atoms with Gasteiger partial charge in [-0.3, -0.25) is 9.59 Å². The molecule has 2 N–H and O–H groups in total. The zero-order valence-electron chi connectivity index (χ0n) is 12.5. The molecular weight excluding hydrogens is 300 g/mol. The van der Waals surface area contributed by atoms with Crippen LogP contribution in [0.1, 0.15) is 23.9 Å². The Hall–Kier alpha value is -2.83. The number of nitrogens with zero attached hydrogens (tertiary/aromatic N) is 1. The van der Waals surface area contributed by atoms with Crippen LogP contribution in [0.2, 0.25) is 0 Å². The topological polar surface area (TPSA) is 99.8 Å². The highest BCUT2D eigenvalue weighted by atomic mass is 16.4. The van der Waals surface area contributed by atoms with Crippen LogP contribution < -0.4 is 5.32 Å². The first-order valence-electron chi connectivity index (χ1n) is 7.33. The summed E-state index contributed by atoms with van der Waals surface area (Å²) in [7, 11) is 0. The molecule has 1 aliphatic rings. The molecule has 3 rings (SSSR count). The van der Waals surface area contributed by atoms with Crippen LogP contribution >= 0.6 is 0 Å². The van der Waals surface area contributed by atoms with E-state index < -0.39 is 5.97 Å². The second-order valence-electron chi connectivity index (χ2n) is 5.49. The minimum atomic E-state index is -1.14. The molecule has 2 amide bonds. The van der Waals surface area contributed by atoms with E-state index in [1.165, 1.54) is 6.07 Å². The van der Waals surface area contributed by atoms with Crippen LogP contribution in [0.15, 0.2) is 28.7 Å². The normalized spacial score (nSPS) is 17.7. The quantitative estimate of drug-likeness (QED) is 0.898. The third-order valence-corrected chi connectivity index (χ3v) is 3.96. The lowest BCUT2D eigenvalue weighted by Gasteiger charge is -2.13. The third-order valence-electron chi connectivity index (χ3n) is 3.96. The van der Waals surface area contributed by atoms with Gasteiger partial charge in [-0.2, -0.15) is 0 Å². The van der Waals surface area contributed by atoms with Gasteiger partial charge in [0.25, 0.3) is 0 Å². The smallest absolute Gasteiger partial charge is 0.371 e. The average Bonchev–Trinajstić information content (AvgIpc) is 3.10. The lowest BCUT2D eigenvalue weighted by molar-refractivity contribution is -0.128. The number of amides is 2. The van der Waals surface area contributed by atoms with Crippen molar-refractivity contribution in [2.45, 2.75) is 13.3 Å². The molecule has 2 aromatic rings. The van der Waals surface area contributed by atoms with Crippen LogP contribution in [0.25, 0.3) is 11.0 Å². The van der Waals surface area contributed by atoms with Crippen molar-refractivity contribution in [1.29, 1.82) is 0 Å². The third kappa shape index (κ3) is 2.90. The molecule has 1 unspecified atom stereocenters. The molecular formula is C16H16N2O5. The first kappa shape index (κ1) is 15.1. The second kappa shape index (κ2) is 5.75. The lowest BCUT2D eigenvalue weighted by atomic mass is 10.1. The van der Waals surface area contributed by atoms with E-state index in [1.807, 2.05) is 6.92 Å². The highest BCUT2D eigenvalue weighted by Gasteiger charge is 2.33. The van der Waals surface area contributed by atoms with Crippen LogP contribution in [0, 0.1) is 5.92 Å². The Morgan fingerprint density at radius 2 is 2.17 bits per heavy atom. The van der Waals surface area contributed by atoms with E-state index in [0.717, 1.165) is 0 Å². The highest BCUT2D eigenvalue weighted by Crippen LogP contribution is 2.25. The number of aromatic carboxylic acids is 1. The first-order valence-corrected chi connectivity index (χ1v) is 7.33. The number of likely N-dealkylation sites (tertiary alicyclic amines) is 1. The summed E-state index contributed by atoms with van der Waals surface area (Å²) in [5, 5.41) is 12.3. The van der Waals surface area contributed by atoms with Crippen molar-refractivity contribution in [1.82, 2.24) is 4.90 Å². The number of hydrogen-bond donors (Lipinski definition) is 2. The minimum absolute atomic E-state index is 0.0102. The van der Waals surface area contributed by atoms with Gasteiger partial charge in [-0.1, -0.05) is 0 Å². The van der Waals surface area contributed by atoms with Crippen molar-refractivity contribution in [2.75, 3.05) is 18.4 Å². The monoisotopic (exact) mass is 316 g/mol. The van der Waals surface area contributed by atoms with Crippen LogP contribution in [-0.2, 0) is 9.59 Å². The maximum Gasteiger partial charge on any atom is 0.371 e. The summed E-state index contributed by atoms with van der Waals surface area (Å²) in [6.45, 7) is 2.91. The van der Waals surface area contributed by atoms with Crippen molar-refractivity contribution >= 4 is 34.4 Å². The Morgan fingerprint density at radius 3 is 2.83 bits per heavy atom. The average molecular weight is 316 g/mol. The summed E-state index contributed by atoms with van der Waals surface area (Å²) in [5.74, 6) is -1.88. The van der Waals surface area contributed by atoms with Gasteiger partial charge in [0, 0.05) is 30.6 Å². The molecule has 0 radical (unpaired) electrons. The number of carbonyl (C=O) groups excluding carboxylic acids is 2. The van der Waals surface area contributed by atoms with E-state index in [1.54, 1.807) is 23.1 Å². The molecule has 1 aromatic carbocycles. The predicted molar refractivity (Wildman–Crippen MR) is 82.2 cm³/mol. The molecule has 120 valence electrons. The standard InChI is InChI=1S/C16H16N2O5/c1-2-18-8-10(7-14(18)19)15(20)17-11-3-4-12-9(5-11)6-13(23-12)16(21)22/h3-6,10H,2,7-8H2,1H3,(H,17,20)(H,21,22). The van der Waals surface area contributed by atoms with Gasteiger partial charge in [-0.05, 0) is 31.2 Å². The highest BCUT2D eigenvalue weighted by molar-refractivity contribution is 5.99. The van der Waals surface area contributed by atoms with Crippen molar-refractivity contribution in [2.24, 2.45) is 5.92 Å². The Labute approximate surface area is 131 Å². The zero-order valence-corrected chi connectivity index (χ0v) is 12.5. The number of anilines is 1. The van der Waals surface area contributed by atoms with Gasteiger partial charge in [0.1, 0.15) is 5.58 Å². The van der Waals surface area contributed by atoms with Gasteiger partial charge in [0.2, 0.25) is 17.6 Å². The van der Waals surface area contributed by atoms with Crippen molar-refractivity contribution in [3.63, 3.8) is 0 Å². The molecule has 7 nitrogen and oxygen atoms in total. The Bertz CT molecular complexity index is 795. The molecule has 1 fully saturated rings. The van der Waals surface area contributed by atoms with Crippen LogP contribution in [0.5, 0.6) is 0 Å². The second-order valence-corrected chi connectivity index (χ2v) is 5.49. The zero-order chi connectivity index (χ0) is 16.6. The molecule has 0 aliphatic carbocycles. The number of hydrogen-bond acceptors (Lipinski definition) is 4. The minimum Gasteiger partial charge on any atom is -0.475 e. The Kier molecular flexibility index (Phi) is 3.77. The fourth-order valence-electron chi connectivity index (χ4n) is 2.72. The van der Waals surface area contributed by atoms with E-state index in [4.69, 9.17) is 9.52 Å². The molecule has 2 heterocycles. The van der Waals surface area contributed by atoms with E-state index in [2.05, 4.69) is 5.32 Å².